The number of guanidine groups is 1. The number of hydrogen-bond acceptors (Lipinski definition) is 6. The van der Waals surface area contributed by atoms with Gasteiger partial charge in [-0.05, 0) is 56.2 Å². The molecule has 2 aromatic heterocycles. The van der Waals surface area contributed by atoms with E-state index in [0.717, 1.165) is 63.9 Å². The number of carbonyl (C=O) groups is 1. The lowest BCUT2D eigenvalue weighted by Gasteiger charge is -2.33. The third-order valence-electron chi connectivity index (χ3n) is 8.65. The first-order chi connectivity index (χ1) is 21.8. The summed E-state index contributed by atoms with van der Waals surface area (Å²) in [6.07, 6.45) is 2.27. The maximum atomic E-state index is 13.9. The average Bonchev–Trinajstić information content (AvgIpc) is 3.76. The maximum Gasteiger partial charge on any atom is 0.442 e. The van der Waals surface area contributed by atoms with Crippen molar-refractivity contribution in [1.29, 1.82) is 0 Å². The Morgan fingerprint density at radius 3 is 2.24 bits per heavy atom. The Morgan fingerprint density at radius 1 is 0.933 bits per heavy atom. The fraction of sp³-hybridized carbons (Fsp3) is 0.469. The monoisotopic (exact) mass is 623 g/mol. The molecule has 3 saturated heterocycles. The first-order valence-electron chi connectivity index (χ1n) is 15.6. The van der Waals surface area contributed by atoms with Crippen LogP contribution in [-0.4, -0.2) is 90.2 Å². The molecule has 0 aliphatic carbocycles. The molecule has 1 aromatic carbocycles. The molecular formula is C32H38F3N8O2+. The molecule has 6 rings (SSSR count). The number of nitrogens with zero attached hydrogens (tertiary/aromatic N) is 7. The number of pyridine rings is 1. The number of oxazole rings is 1. The summed E-state index contributed by atoms with van der Waals surface area (Å²) in [5.74, 6) is 0.174. The number of piperazine rings is 1. The van der Waals surface area contributed by atoms with Crippen molar-refractivity contribution in [2.24, 2.45) is 0 Å². The summed E-state index contributed by atoms with van der Waals surface area (Å²) in [4.78, 5) is 29.7. The van der Waals surface area contributed by atoms with Crippen LogP contribution in [0.25, 0.3) is 0 Å². The van der Waals surface area contributed by atoms with Gasteiger partial charge in [-0.2, -0.15) is 18.2 Å². The second kappa shape index (κ2) is 13.2. The zero-order chi connectivity index (χ0) is 31.4. The Hall–Kier alpha value is -4.51. The third kappa shape index (κ3) is 6.93. The fourth-order valence-electron chi connectivity index (χ4n) is 6.29. The molecule has 0 saturated carbocycles. The van der Waals surface area contributed by atoms with E-state index >= 15 is 0 Å². The highest BCUT2D eigenvalue weighted by atomic mass is 19.4. The maximum absolute atomic E-state index is 13.9. The van der Waals surface area contributed by atoms with Crippen LogP contribution < -0.4 is 19.8 Å². The molecule has 0 atom stereocenters. The van der Waals surface area contributed by atoms with Crippen LogP contribution in [0.2, 0.25) is 0 Å². The number of carbonyl (C=O) groups excluding carboxylic acids is 1. The molecule has 45 heavy (non-hydrogen) atoms. The summed E-state index contributed by atoms with van der Waals surface area (Å²) >= 11 is 0. The summed E-state index contributed by atoms with van der Waals surface area (Å²) in [7, 11) is 0. The zero-order valence-corrected chi connectivity index (χ0v) is 25.3. The first kappa shape index (κ1) is 30.5. The smallest absolute Gasteiger partial charge is 0.417 e. The van der Waals surface area contributed by atoms with Crippen molar-refractivity contribution in [3.8, 4) is 0 Å². The van der Waals surface area contributed by atoms with Gasteiger partial charge in [0.2, 0.25) is 5.76 Å². The van der Waals surface area contributed by atoms with Crippen LogP contribution in [0.1, 0.15) is 60.3 Å². The topological polar surface area (TPSA) is 95.1 Å². The fourth-order valence-corrected chi connectivity index (χ4v) is 6.29. The van der Waals surface area contributed by atoms with Gasteiger partial charge in [-0.1, -0.05) is 30.3 Å². The zero-order valence-electron chi connectivity index (χ0n) is 25.3. The molecular weight excluding hydrogens is 585 g/mol. The van der Waals surface area contributed by atoms with E-state index < -0.39 is 23.5 Å². The van der Waals surface area contributed by atoms with Gasteiger partial charge in [-0.3, -0.25) is 9.69 Å². The van der Waals surface area contributed by atoms with E-state index in [1.165, 1.54) is 24.6 Å². The molecule has 3 aromatic rings. The van der Waals surface area contributed by atoms with Gasteiger partial charge in [0.15, 0.2) is 5.69 Å². The van der Waals surface area contributed by atoms with Crippen LogP contribution in [0.5, 0.6) is 0 Å². The second-order valence-electron chi connectivity index (χ2n) is 11.6. The van der Waals surface area contributed by atoms with E-state index in [-0.39, 0.29) is 11.7 Å². The van der Waals surface area contributed by atoms with E-state index in [1.807, 2.05) is 31.3 Å². The summed E-state index contributed by atoms with van der Waals surface area (Å²) in [5.41, 5.74) is 0.133. The Labute approximate surface area is 260 Å². The molecule has 3 aliphatic rings. The molecule has 238 valence electrons. The van der Waals surface area contributed by atoms with Crippen molar-refractivity contribution in [2.45, 2.75) is 44.7 Å². The standard InChI is InChI=1S/C32H37F3N8O2/c1-2-36-30(41-14-6-7-15-41)42-20-18-40(19-21-42)26-11-10-25(22-37-26)38-29(44)27-28(32(33,34)35)39-31(45-27)43-16-12-24(13-17-43)23-8-4-3-5-9-23/h2-5,8-11,22,24H,6-7,12-21H2,1H3/p+1. The van der Waals surface area contributed by atoms with Gasteiger partial charge >= 0.3 is 12.1 Å². The second-order valence-corrected chi connectivity index (χ2v) is 11.6. The number of anilines is 3. The number of nitrogens with one attached hydrogen (secondary N) is 1. The minimum absolute atomic E-state index is 0.193. The number of amides is 1. The number of alkyl halides is 3. The predicted molar refractivity (Wildman–Crippen MR) is 168 cm³/mol. The van der Waals surface area contributed by atoms with Crippen LogP contribution in [0.4, 0.5) is 30.7 Å². The Bertz CT molecular complexity index is 1510. The van der Waals surface area contributed by atoms with E-state index in [0.29, 0.717) is 19.0 Å². The lowest BCUT2D eigenvalue weighted by Crippen LogP contribution is -2.54. The quantitative estimate of drug-likeness (QED) is 0.253. The van der Waals surface area contributed by atoms with Gasteiger partial charge in [0, 0.05) is 13.1 Å². The summed E-state index contributed by atoms with van der Waals surface area (Å²) in [6.45, 7) is 7.99. The Balaban J connectivity index is 1.08. The number of likely N-dealkylation sites (tertiary alicyclic amines) is 1. The molecule has 0 spiro atoms. The number of halogens is 3. The van der Waals surface area contributed by atoms with Crippen molar-refractivity contribution in [3.05, 3.63) is 65.7 Å². The predicted octanol–water partition coefficient (Wildman–Crippen LogP) is 4.46. The van der Waals surface area contributed by atoms with Crippen LogP contribution >= 0.6 is 0 Å². The normalized spacial score (nSPS) is 17.8. The van der Waals surface area contributed by atoms with Gasteiger partial charge in [0.1, 0.15) is 12.0 Å². The van der Waals surface area contributed by atoms with Gasteiger partial charge in [0.25, 0.3) is 11.9 Å². The molecule has 0 bridgehead atoms. The lowest BCUT2D eigenvalue weighted by molar-refractivity contribution is -0.141. The molecule has 0 unspecified atom stereocenters. The van der Waals surface area contributed by atoms with E-state index in [2.05, 4.69) is 46.8 Å². The van der Waals surface area contributed by atoms with Crippen molar-refractivity contribution in [3.63, 3.8) is 0 Å². The highest BCUT2D eigenvalue weighted by molar-refractivity contribution is 6.03. The molecule has 1 N–H and O–H groups in total. The third-order valence-corrected chi connectivity index (χ3v) is 8.65. The minimum Gasteiger partial charge on any atom is -0.417 e. The highest BCUT2D eigenvalue weighted by Crippen LogP contribution is 2.36. The van der Waals surface area contributed by atoms with Gasteiger partial charge < -0.3 is 19.5 Å². The largest absolute Gasteiger partial charge is 0.442 e. The summed E-state index contributed by atoms with van der Waals surface area (Å²) in [6, 6.07) is 13.2. The van der Waals surface area contributed by atoms with Gasteiger partial charge in [0.05, 0.1) is 51.2 Å². The van der Waals surface area contributed by atoms with E-state index in [1.54, 1.807) is 17.0 Å². The number of aromatic nitrogens is 2. The average molecular weight is 624 g/mol. The molecule has 0 radical (unpaired) electrons. The minimum atomic E-state index is -4.85. The molecule has 1 amide bonds. The highest BCUT2D eigenvalue weighted by Gasteiger charge is 2.42. The Kier molecular flexibility index (Phi) is 8.97. The summed E-state index contributed by atoms with van der Waals surface area (Å²) in [5, 5.41) is 2.51. The molecule has 3 aliphatic heterocycles. The van der Waals surface area contributed by atoms with E-state index in [9.17, 15) is 18.0 Å². The number of rotatable bonds is 5. The van der Waals surface area contributed by atoms with Crippen LogP contribution in [-0.2, 0) is 6.18 Å². The number of hydrogen-bond donors (Lipinski definition) is 1. The van der Waals surface area contributed by atoms with Crippen molar-refractivity contribution in [2.75, 3.05) is 67.5 Å². The van der Waals surface area contributed by atoms with Crippen molar-refractivity contribution >= 4 is 35.6 Å². The molecule has 3 fully saturated rings. The first-order valence-corrected chi connectivity index (χ1v) is 15.6. The van der Waals surface area contributed by atoms with Crippen molar-refractivity contribution in [1.82, 2.24) is 24.4 Å². The van der Waals surface area contributed by atoms with E-state index in [4.69, 9.17) is 4.42 Å². The molecule has 10 nitrogen and oxygen atoms in total. The molecule has 13 heteroatoms. The van der Waals surface area contributed by atoms with Gasteiger partial charge in [-0.15, -0.1) is 0 Å². The number of benzene rings is 1. The molecule has 5 heterocycles. The van der Waals surface area contributed by atoms with Crippen LogP contribution in [0.15, 0.2) is 53.1 Å². The number of piperidine rings is 1. The van der Waals surface area contributed by atoms with Crippen LogP contribution in [0.3, 0.4) is 0 Å². The summed E-state index contributed by atoms with van der Waals surface area (Å²) < 4.78 is 51.9. The Morgan fingerprint density at radius 2 is 1.62 bits per heavy atom. The van der Waals surface area contributed by atoms with Gasteiger partial charge in [-0.25, -0.2) is 14.6 Å². The van der Waals surface area contributed by atoms with Crippen LogP contribution in [0, 0.1) is 0 Å². The van der Waals surface area contributed by atoms with Crippen molar-refractivity contribution < 1.29 is 22.4 Å². The SMILES string of the molecule is CC=[N+]=C(N1CCCC1)N1CCN(c2ccc(NC(=O)c3oc(N4CCC(c5ccccc5)CC4)nc3C(F)(F)F)cn2)CC1. The lowest BCUT2D eigenvalue weighted by atomic mass is 9.90.